The van der Waals surface area contributed by atoms with Crippen LogP contribution in [0.15, 0.2) is 24.3 Å². The van der Waals surface area contributed by atoms with Gasteiger partial charge < -0.3 is 65.1 Å². The van der Waals surface area contributed by atoms with Crippen LogP contribution in [0.1, 0.15) is 271 Å². The molecule has 1 amide bonds. The first kappa shape index (κ1) is 70.6. The first-order valence-electron chi connectivity index (χ1n) is 31.6. The van der Waals surface area contributed by atoms with Gasteiger partial charge >= 0.3 is 0 Å². The summed E-state index contributed by atoms with van der Waals surface area (Å²) in [5.74, 6) is -0.245. The molecule has 2 rings (SSSR count). The number of amides is 1. The van der Waals surface area contributed by atoms with Crippen LogP contribution in [0.3, 0.4) is 0 Å². The number of aliphatic hydroxyl groups is 8. The third kappa shape index (κ3) is 33.3. The fraction of sp³-hybridized carbons (Fsp3) is 0.919. The highest BCUT2D eigenvalue weighted by Gasteiger charge is 2.51. The molecule has 2 aliphatic heterocycles. The van der Waals surface area contributed by atoms with Crippen molar-refractivity contribution in [3.63, 3.8) is 0 Å². The molecule has 0 saturated carbocycles. The first-order valence-corrected chi connectivity index (χ1v) is 31.6. The van der Waals surface area contributed by atoms with Crippen LogP contribution >= 0.6 is 0 Å². The molecule has 14 nitrogen and oxygen atoms in total. The van der Waals surface area contributed by atoms with E-state index in [9.17, 15) is 45.6 Å². The summed E-state index contributed by atoms with van der Waals surface area (Å²) in [7, 11) is 0. The summed E-state index contributed by atoms with van der Waals surface area (Å²) in [5, 5.41) is 87.2. The number of unbranched alkanes of at least 4 members (excludes halogenated alkanes) is 36. The highest BCUT2D eigenvalue weighted by Crippen LogP contribution is 2.30. The van der Waals surface area contributed by atoms with Gasteiger partial charge in [-0.15, -0.1) is 0 Å². The molecule has 2 saturated heterocycles. The standard InChI is InChI=1S/C62H117NO13/c1-3-5-7-9-11-13-15-17-19-21-22-23-24-25-26-27-28-29-30-31-33-35-37-39-41-43-45-51(66)50(63-54(67)46-44-42-40-38-36-34-32-20-18-16-14-12-10-8-6-4-2)49-73-61-59(72)57(70)60(53(48-65)75-61)76-62-58(71)56(69)55(68)52(47-64)74-62/h20,32,43,45,50-53,55-62,64-66,68-72H,3-19,21-31,33-42,44,46-49H2,1-2H3,(H,63,67)/b32-20-,45-43+. The van der Waals surface area contributed by atoms with Gasteiger partial charge in [0.1, 0.15) is 48.8 Å². The van der Waals surface area contributed by atoms with Crippen molar-refractivity contribution in [3.8, 4) is 0 Å². The molecule has 0 aromatic rings. The van der Waals surface area contributed by atoms with Crippen LogP contribution in [-0.4, -0.2) is 140 Å². The molecule has 0 aromatic heterocycles. The number of ether oxygens (including phenoxy) is 4. The fourth-order valence-corrected chi connectivity index (χ4v) is 10.5. The molecule has 0 aromatic carbocycles. The predicted octanol–water partition coefficient (Wildman–Crippen LogP) is 11.2. The van der Waals surface area contributed by atoms with E-state index in [1.807, 2.05) is 6.08 Å². The van der Waals surface area contributed by atoms with Gasteiger partial charge in [-0.3, -0.25) is 4.79 Å². The Hall–Kier alpha value is -1.53. The first-order chi connectivity index (χ1) is 37.1. The molecule has 448 valence electrons. The maximum atomic E-state index is 13.2. The van der Waals surface area contributed by atoms with Crippen molar-refractivity contribution in [2.45, 2.75) is 344 Å². The van der Waals surface area contributed by atoms with Crippen molar-refractivity contribution in [3.05, 3.63) is 24.3 Å². The molecule has 9 N–H and O–H groups in total. The summed E-state index contributed by atoms with van der Waals surface area (Å²) >= 11 is 0. The lowest BCUT2D eigenvalue weighted by molar-refractivity contribution is -0.359. The Morgan fingerprint density at radius 2 is 0.829 bits per heavy atom. The van der Waals surface area contributed by atoms with Crippen molar-refractivity contribution >= 4 is 5.91 Å². The minimum Gasteiger partial charge on any atom is -0.394 e. The molecular formula is C62H117NO13. The lowest BCUT2D eigenvalue weighted by atomic mass is 9.97. The number of allylic oxidation sites excluding steroid dienone is 3. The van der Waals surface area contributed by atoms with E-state index in [4.69, 9.17) is 18.9 Å². The van der Waals surface area contributed by atoms with Crippen LogP contribution in [0.5, 0.6) is 0 Å². The van der Waals surface area contributed by atoms with Gasteiger partial charge in [0.05, 0.1) is 32.0 Å². The smallest absolute Gasteiger partial charge is 0.220 e. The number of hydrogen-bond acceptors (Lipinski definition) is 13. The van der Waals surface area contributed by atoms with E-state index in [2.05, 4.69) is 31.3 Å². The SMILES string of the molecule is CCCCCCCCC/C=C\CCCCCCCC(=O)NC(COC1OC(CO)C(OC2OC(CO)C(O)C(O)C2O)C(O)C1O)C(O)/C=C/CCCCCCCCCCCCCCCCCCCCCCCCCC. The minimum absolute atomic E-state index is 0.245. The lowest BCUT2D eigenvalue weighted by Gasteiger charge is -2.46. The Kier molecular flexibility index (Phi) is 44.8. The number of nitrogens with one attached hydrogen (secondary N) is 1. The third-order valence-electron chi connectivity index (χ3n) is 15.6. The number of hydrogen-bond donors (Lipinski definition) is 9. The number of carbonyl (C=O) groups excluding carboxylic acids is 1. The van der Waals surface area contributed by atoms with Crippen LogP contribution in [0.2, 0.25) is 0 Å². The van der Waals surface area contributed by atoms with E-state index in [0.29, 0.717) is 6.42 Å². The Morgan fingerprint density at radius 3 is 1.25 bits per heavy atom. The maximum Gasteiger partial charge on any atom is 0.220 e. The number of aliphatic hydroxyl groups excluding tert-OH is 8. The zero-order chi connectivity index (χ0) is 55.3. The summed E-state index contributed by atoms with van der Waals surface area (Å²) in [6.45, 7) is 2.82. The van der Waals surface area contributed by atoms with E-state index in [-0.39, 0.29) is 18.9 Å². The van der Waals surface area contributed by atoms with Crippen LogP contribution in [-0.2, 0) is 23.7 Å². The molecule has 0 spiro atoms. The number of rotatable bonds is 51. The Morgan fingerprint density at radius 1 is 0.461 bits per heavy atom. The Bertz CT molecular complexity index is 1370. The normalized spacial score (nSPS) is 25.0. The Labute approximate surface area is 462 Å². The molecule has 12 atom stereocenters. The van der Waals surface area contributed by atoms with E-state index in [0.717, 1.165) is 57.8 Å². The van der Waals surface area contributed by atoms with Gasteiger partial charge in [-0.25, -0.2) is 0 Å². The van der Waals surface area contributed by atoms with Gasteiger partial charge in [-0.05, 0) is 44.9 Å². The second kappa shape index (κ2) is 48.2. The largest absolute Gasteiger partial charge is 0.394 e. The summed E-state index contributed by atoms with van der Waals surface area (Å²) in [6, 6.07) is -0.917. The van der Waals surface area contributed by atoms with Crippen molar-refractivity contribution < 1.29 is 64.6 Å². The average molecular weight is 1080 g/mol. The quantitative estimate of drug-likeness (QED) is 0.0204. The summed E-state index contributed by atoms with van der Waals surface area (Å²) in [6.07, 6.45) is 40.8. The van der Waals surface area contributed by atoms with Crippen molar-refractivity contribution in [1.82, 2.24) is 5.32 Å². The molecule has 12 unspecified atom stereocenters. The van der Waals surface area contributed by atoms with Crippen molar-refractivity contribution in [2.24, 2.45) is 0 Å². The second-order valence-corrected chi connectivity index (χ2v) is 22.5. The third-order valence-corrected chi connectivity index (χ3v) is 15.6. The highest BCUT2D eigenvalue weighted by atomic mass is 16.7. The molecule has 14 heteroatoms. The van der Waals surface area contributed by atoms with Gasteiger partial charge in [0.25, 0.3) is 0 Å². The molecule has 0 radical (unpaired) electrons. The van der Waals surface area contributed by atoms with Crippen LogP contribution in [0.25, 0.3) is 0 Å². The molecule has 2 fully saturated rings. The lowest BCUT2D eigenvalue weighted by Crippen LogP contribution is -2.65. The van der Waals surface area contributed by atoms with Crippen LogP contribution in [0.4, 0.5) is 0 Å². The topological polar surface area (TPSA) is 228 Å². The summed E-state index contributed by atoms with van der Waals surface area (Å²) in [4.78, 5) is 13.2. The van der Waals surface area contributed by atoms with Gasteiger partial charge in [-0.1, -0.05) is 244 Å². The molecule has 2 heterocycles. The fourth-order valence-electron chi connectivity index (χ4n) is 10.5. The second-order valence-electron chi connectivity index (χ2n) is 22.5. The number of carbonyl (C=O) groups is 1. The summed E-state index contributed by atoms with van der Waals surface area (Å²) in [5.41, 5.74) is 0. The van der Waals surface area contributed by atoms with E-state index in [1.54, 1.807) is 6.08 Å². The zero-order valence-corrected chi connectivity index (χ0v) is 48.3. The molecule has 0 bridgehead atoms. The monoisotopic (exact) mass is 1080 g/mol. The van der Waals surface area contributed by atoms with Crippen molar-refractivity contribution in [2.75, 3.05) is 19.8 Å². The van der Waals surface area contributed by atoms with Crippen LogP contribution in [0, 0.1) is 0 Å². The molecule has 0 aliphatic carbocycles. The average Bonchev–Trinajstić information content (AvgIpc) is 3.42. The van der Waals surface area contributed by atoms with Gasteiger partial charge in [0, 0.05) is 6.42 Å². The Balaban J connectivity index is 1.73. The highest BCUT2D eigenvalue weighted by molar-refractivity contribution is 5.76. The molecule has 2 aliphatic rings. The van der Waals surface area contributed by atoms with E-state index in [1.165, 1.54) is 186 Å². The minimum atomic E-state index is -1.79. The molecule has 76 heavy (non-hydrogen) atoms. The zero-order valence-electron chi connectivity index (χ0n) is 48.3. The van der Waals surface area contributed by atoms with Gasteiger partial charge in [0.2, 0.25) is 5.91 Å². The van der Waals surface area contributed by atoms with Crippen molar-refractivity contribution in [1.29, 1.82) is 0 Å². The maximum absolute atomic E-state index is 13.2. The van der Waals surface area contributed by atoms with Gasteiger partial charge in [0.15, 0.2) is 12.6 Å². The molecular weight excluding hydrogens is 967 g/mol. The van der Waals surface area contributed by atoms with Gasteiger partial charge in [-0.2, -0.15) is 0 Å². The van der Waals surface area contributed by atoms with E-state index < -0.39 is 86.8 Å². The van der Waals surface area contributed by atoms with E-state index >= 15 is 0 Å². The summed E-state index contributed by atoms with van der Waals surface area (Å²) < 4.78 is 22.8. The van der Waals surface area contributed by atoms with Crippen LogP contribution < -0.4 is 5.32 Å². The predicted molar refractivity (Wildman–Crippen MR) is 305 cm³/mol.